The molecule has 0 fully saturated rings. The van der Waals surface area contributed by atoms with Gasteiger partial charge >= 0.3 is 0 Å². The smallest absolute Gasteiger partial charge is 0.0543 e. The number of fused-ring (bicyclic) bond motifs is 7. The minimum Gasteiger partial charge on any atom is -0.310 e. The Morgan fingerprint density at radius 3 is 1.62 bits per heavy atom. The summed E-state index contributed by atoms with van der Waals surface area (Å²) < 4.78 is 0. The van der Waals surface area contributed by atoms with E-state index in [-0.39, 0.29) is 10.8 Å². The van der Waals surface area contributed by atoms with Crippen LogP contribution in [0.25, 0.3) is 44.2 Å². The molecule has 0 aliphatic heterocycles. The molecule has 1 nitrogen and oxygen atoms in total. The van der Waals surface area contributed by atoms with Gasteiger partial charge in [0.05, 0.1) is 5.69 Å². The summed E-state index contributed by atoms with van der Waals surface area (Å²) >= 11 is 0. The van der Waals surface area contributed by atoms with Crippen LogP contribution in [0.4, 0.5) is 17.1 Å². The second-order valence-corrected chi connectivity index (χ2v) is 14.2. The van der Waals surface area contributed by atoms with Gasteiger partial charge in [0.1, 0.15) is 0 Å². The lowest BCUT2D eigenvalue weighted by Crippen LogP contribution is -2.18. The molecule has 0 saturated heterocycles. The van der Waals surface area contributed by atoms with Crippen molar-refractivity contribution in [3.05, 3.63) is 174 Å². The van der Waals surface area contributed by atoms with E-state index in [0.29, 0.717) is 0 Å². The molecule has 226 valence electrons. The van der Waals surface area contributed by atoms with Gasteiger partial charge in [-0.15, -0.1) is 0 Å². The van der Waals surface area contributed by atoms with Gasteiger partial charge in [-0.3, -0.25) is 0 Å². The Labute approximate surface area is 277 Å². The lowest BCUT2D eigenvalue weighted by atomic mass is 9.81. The predicted molar refractivity (Wildman–Crippen MR) is 199 cm³/mol. The van der Waals surface area contributed by atoms with E-state index in [0.717, 1.165) is 5.69 Å². The maximum absolute atomic E-state index is 2.51. The van der Waals surface area contributed by atoms with Gasteiger partial charge in [-0.25, -0.2) is 0 Å². The first-order chi connectivity index (χ1) is 22.8. The Hall–Kier alpha value is -5.40. The molecule has 9 rings (SSSR count). The molecule has 1 heteroatoms. The van der Waals surface area contributed by atoms with Crippen LogP contribution in [-0.4, -0.2) is 0 Å². The average Bonchev–Trinajstić information content (AvgIpc) is 3.47. The van der Waals surface area contributed by atoms with Gasteiger partial charge in [0.15, 0.2) is 0 Å². The molecular formula is C46H37N. The van der Waals surface area contributed by atoms with Crippen LogP contribution in [0.1, 0.15) is 49.9 Å². The quantitative estimate of drug-likeness (QED) is 0.193. The summed E-state index contributed by atoms with van der Waals surface area (Å²) in [6, 6.07) is 56.4. The van der Waals surface area contributed by atoms with Crippen molar-refractivity contribution >= 4 is 27.8 Å². The number of hydrogen-bond donors (Lipinski definition) is 0. The van der Waals surface area contributed by atoms with Crippen LogP contribution in [0.15, 0.2) is 152 Å². The van der Waals surface area contributed by atoms with Crippen molar-refractivity contribution in [1.29, 1.82) is 0 Å². The Balaban J connectivity index is 1.35. The lowest BCUT2D eigenvalue weighted by molar-refractivity contribution is 0.660. The van der Waals surface area contributed by atoms with Crippen molar-refractivity contribution in [2.24, 2.45) is 0 Å². The summed E-state index contributed by atoms with van der Waals surface area (Å²) in [4.78, 5) is 2.51. The predicted octanol–water partition coefficient (Wildman–Crippen LogP) is 12.6. The van der Waals surface area contributed by atoms with E-state index in [2.05, 4.69) is 184 Å². The molecule has 0 atom stereocenters. The highest BCUT2D eigenvalue weighted by molar-refractivity contribution is 5.97. The van der Waals surface area contributed by atoms with Crippen molar-refractivity contribution in [2.45, 2.75) is 38.5 Å². The van der Waals surface area contributed by atoms with Crippen molar-refractivity contribution in [1.82, 2.24) is 0 Å². The standard InChI is InChI=1S/C46H37N/c1-45(2)40-20-12-10-18-35(40)37-25-24-34(27-42(37)45)47(33-23-22-30-14-8-9-17-32(30)26-33)44-29-43-39(28-38(44)31-15-6-5-7-16-31)36-19-11-13-21-41(36)46(43,3)4/h5-29H,1-4H3. The third-order valence-electron chi connectivity index (χ3n) is 10.8. The van der Waals surface area contributed by atoms with Crippen LogP contribution in [0.5, 0.6) is 0 Å². The number of rotatable bonds is 4. The fraction of sp³-hybridized carbons (Fsp3) is 0.130. The third-order valence-corrected chi connectivity index (χ3v) is 10.8. The monoisotopic (exact) mass is 603 g/mol. The van der Waals surface area contributed by atoms with Crippen LogP contribution < -0.4 is 4.90 Å². The van der Waals surface area contributed by atoms with E-state index in [1.807, 2.05) is 0 Å². The fourth-order valence-corrected chi connectivity index (χ4v) is 8.34. The molecular weight excluding hydrogens is 567 g/mol. The molecule has 0 aromatic heterocycles. The molecule has 0 bridgehead atoms. The van der Waals surface area contributed by atoms with Gasteiger partial charge in [0, 0.05) is 27.8 Å². The fourth-order valence-electron chi connectivity index (χ4n) is 8.34. The minimum absolute atomic E-state index is 0.0964. The van der Waals surface area contributed by atoms with Crippen LogP contribution in [0.3, 0.4) is 0 Å². The summed E-state index contributed by atoms with van der Waals surface area (Å²) in [7, 11) is 0. The van der Waals surface area contributed by atoms with Gasteiger partial charge in [-0.05, 0) is 97.2 Å². The summed E-state index contributed by atoms with van der Waals surface area (Å²) in [6.45, 7) is 9.48. The van der Waals surface area contributed by atoms with E-state index in [1.165, 1.54) is 77.8 Å². The summed E-state index contributed by atoms with van der Waals surface area (Å²) in [5, 5.41) is 2.48. The maximum Gasteiger partial charge on any atom is 0.0543 e. The highest BCUT2D eigenvalue weighted by Crippen LogP contribution is 2.55. The van der Waals surface area contributed by atoms with Crippen LogP contribution in [0.2, 0.25) is 0 Å². The molecule has 0 spiro atoms. The van der Waals surface area contributed by atoms with Gasteiger partial charge in [0.2, 0.25) is 0 Å². The molecule has 47 heavy (non-hydrogen) atoms. The number of benzene rings is 7. The molecule has 0 unspecified atom stereocenters. The summed E-state index contributed by atoms with van der Waals surface area (Å²) in [5.41, 5.74) is 16.6. The largest absolute Gasteiger partial charge is 0.310 e. The Bertz CT molecular complexity index is 2360. The second kappa shape index (κ2) is 10.0. The van der Waals surface area contributed by atoms with Gasteiger partial charge < -0.3 is 4.90 Å². The number of nitrogens with zero attached hydrogens (tertiary/aromatic N) is 1. The van der Waals surface area contributed by atoms with Crippen LogP contribution >= 0.6 is 0 Å². The first-order valence-electron chi connectivity index (χ1n) is 16.7. The second-order valence-electron chi connectivity index (χ2n) is 14.2. The highest BCUT2D eigenvalue weighted by atomic mass is 15.1. The zero-order valence-electron chi connectivity index (χ0n) is 27.4. The van der Waals surface area contributed by atoms with Gasteiger partial charge in [0.25, 0.3) is 0 Å². The Kier molecular flexibility index (Phi) is 5.96. The van der Waals surface area contributed by atoms with E-state index in [4.69, 9.17) is 0 Å². The van der Waals surface area contributed by atoms with Crippen molar-refractivity contribution in [2.75, 3.05) is 4.90 Å². The van der Waals surface area contributed by atoms with Gasteiger partial charge in [-0.1, -0.05) is 143 Å². The van der Waals surface area contributed by atoms with E-state index >= 15 is 0 Å². The molecule has 7 aromatic rings. The summed E-state index contributed by atoms with van der Waals surface area (Å²) in [6.07, 6.45) is 0. The van der Waals surface area contributed by atoms with E-state index < -0.39 is 0 Å². The highest BCUT2D eigenvalue weighted by Gasteiger charge is 2.38. The lowest BCUT2D eigenvalue weighted by Gasteiger charge is -2.32. The molecule has 2 aliphatic carbocycles. The SMILES string of the molecule is CC1(C)c2ccccc2-c2ccc(N(c3ccc4ccccc4c3)c3cc4c(cc3-c3ccccc3)-c3ccccc3C4(C)C)cc21. The topological polar surface area (TPSA) is 3.24 Å². The number of anilines is 3. The first-order valence-corrected chi connectivity index (χ1v) is 16.7. The molecule has 0 N–H and O–H groups in total. The normalized spacial score (nSPS) is 14.7. The zero-order valence-corrected chi connectivity index (χ0v) is 27.4. The van der Waals surface area contributed by atoms with Gasteiger partial charge in [-0.2, -0.15) is 0 Å². The zero-order chi connectivity index (χ0) is 31.9. The molecule has 0 amide bonds. The number of hydrogen-bond acceptors (Lipinski definition) is 1. The summed E-state index contributed by atoms with van der Waals surface area (Å²) in [5.74, 6) is 0. The van der Waals surface area contributed by atoms with Crippen molar-refractivity contribution < 1.29 is 0 Å². The Morgan fingerprint density at radius 1 is 0.362 bits per heavy atom. The molecule has 2 aliphatic rings. The van der Waals surface area contributed by atoms with E-state index in [1.54, 1.807) is 0 Å². The minimum atomic E-state index is -0.119. The van der Waals surface area contributed by atoms with Crippen LogP contribution in [-0.2, 0) is 10.8 Å². The molecule has 7 aromatic carbocycles. The molecule has 0 saturated carbocycles. The molecule has 0 heterocycles. The van der Waals surface area contributed by atoms with Crippen molar-refractivity contribution in [3.63, 3.8) is 0 Å². The first kappa shape index (κ1) is 27.9. The maximum atomic E-state index is 2.51. The Morgan fingerprint density at radius 2 is 0.894 bits per heavy atom. The average molecular weight is 604 g/mol. The third kappa shape index (κ3) is 4.09. The van der Waals surface area contributed by atoms with Crippen molar-refractivity contribution in [3.8, 4) is 33.4 Å². The van der Waals surface area contributed by atoms with Crippen LogP contribution in [0, 0.1) is 0 Å². The molecule has 0 radical (unpaired) electrons. The van der Waals surface area contributed by atoms with E-state index in [9.17, 15) is 0 Å².